The van der Waals surface area contributed by atoms with Crippen LogP contribution in [0.2, 0.25) is 0 Å². The molecule has 0 saturated carbocycles. The van der Waals surface area contributed by atoms with Crippen molar-refractivity contribution in [3.05, 3.63) is 59.4 Å². The van der Waals surface area contributed by atoms with Gasteiger partial charge >= 0.3 is 0 Å². The van der Waals surface area contributed by atoms with Crippen molar-refractivity contribution < 1.29 is 13.9 Å². The largest absolute Gasteiger partial charge is 0.494 e. The number of rotatable bonds is 5. The zero-order valence-electron chi connectivity index (χ0n) is 11.1. The zero-order valence-corrected chi connectivity index (χ0v) is 11.1. The molecule has 20 heavy (non-hydrogen) atoms. The molecule has 0 fully saturated rings. The number of hydrogen-bond acceptors (Lipinski definition) is 3. The average molecular weight is 271 g/mol. The molecule has 3 nitrogen and oxygen atoms in total. The molecule has 0 spiro atoms. The molecule has 0 radical (unpaired) electrons. The molecule has 0 unspecified atom stereocenters. The summed E-state index contributed by atoms with van der Waals surface area (Å²) in [6.07, 6.45) is 0. The Kier molecular flexibility index (Phi) is 4.56. The van der Waals surface area contributed by atoms with Crippen LogP contribution in [0.5, 0.6) is 11.5 Å². The van der Waals surface area contributed by atoms with Crippen molar-refractivity contribution >= 4 is 0 Å². The van der Waals surface area contributed by atoms with Crippen LogP contribution in [0.3, 0.4) is 0 Å². The van der Waals surface area contributed by atoms with Crippen LogP contribution in [0.25, 0.3) is 0 Å². The molecule has 2 aromatic carbocycles. The third-order valence-electron chi connectivity index (χ3n) is 2.71. The van der Waals surface area contributed by atoms with E-state index in [1.165, 1.54) is 6.07 Å². The van der Waals surface area contributed by atoms with Crippen molar-refractivity contribution in [3.8, 4) is 17.6 Å². The standard InChI is InChI=1S/C16H14FNO2/c1-2-19-14-5-7-15(8-6-14)20-11-13-4-3-12(10-18)9-16(13)17/h3-9H,2,11H2,1H3. The van der Waals surface area contributed by atoms with Crippen molar-refractivity contribution in [1.29, 1.82) is 5.26 Å². The van der Waals surface area contributed by atoms with Gasteiger partial charge in [0.2, 0.25) is 0 Å². The molecule has 0 atom stereocenters. The van der Waals surface area contributed by atoms with Crippen molar-refractivity contribution in [2.45, 2.75) is 13.5 Å². The molecule has 2 rings (SSSR count). The highest BCUT2D eigenvalue weighted by Crippen LogP contribution is 2.19. The minimum absolute atomic E-state index is 0.117. The monoisotopic (exact) mass is 271 g/mol. The lowest BCUT2D eigenvalue weighted by Crippen LogP contribution is -1.99. The molecule has 2 aromatic rings. The predicted octanol–water partition coefficient (Wildman–Crippen LogP) is 3.68. The number of benzene rings is 2. The quantitative estimate of drug-likeness (QED) is 0.833. The Morgan fingerprint density at radius 1 is 1.05 bits per heavy atom. The van der Waals surface area contributed by atoms with E-state index in [1.54, 1.807) is 36.4 Å². The molecule has 0 aliphatic carbocycles. The van der Waals surface area contributed by atoms with Gasteiger partial charge in [0.1, 0.15) is 23.9 Å². The lowest BCUT2D eigenvalue weighted by atomic mass is 10.1. The Morgan fingerprint density at radius 2 is 1.70 bits per heavy atom. The normalized spacial score (nSPS) is 9.85. The van der Waals surface area contributed by atoms with Crippen molar-refractivity contribution in [2.75, 3.05) is 6.61 Å². The van der Waals surface area contributed by atoms with Gasteiger partial charge in [-0.25, -0.2) is 4.39 Å². The van der Waals surface area contributed by atoms with Crippen molar-refractivity contribution in [1.82, 2.24) is 0 Å². The van der Waals surface area contributed by atoms with Gasteiger partial charge in [0.05, 0.1) is 18.2 Å². The van der Waals surface area contributed by atoms with Gasteiger partial charge in [-0.05, 0) is 43.3 Å². The molecular weight excluding hydrogens is 257 g/mol. The fourth-order valence-corrected chi connectivity index (χ4v) is 1.69. The number of nitrogens with zero attached hydrogens (tertiary/aromatic N) is 1. The molecule has 4 heteroatoms. The Hall–Kier alpha value is -2.54. The second kappa shape index (κ2) is 6.58. The fourth-order valence-electron chi connectivity index (χ4n) is 1.69. The fraction of sp³-hybridized carbons (Fsp3) is 0.188. The SMILES string of the molecule is CCOc1ccc(OCc2ccc(C#N)cc2F)cc1. The second-order valence-electron chi connectivity index (χ2n) is 4.11. The summed E-state index contributed by atoms with van der Waals surface area (Å²) in [4.78, 5) is 0. The van der Waals surface area contributed by atoms with E-state index in [1.807, 2.05) is 13.0 Å². The van der Waals surface area contributed by atoms with Crippen LogP contribution in [-0.4, -0.2) is 6.61 Å². The summed E-state index contributed by atoms with van der Waals surface area (Å²) in [5.41, 5.74) is 0.713. The average Bonchev–Trinajstić information content (AvgIpc) is 2.48. The molecule has 0 aliphatic heterocycles. The van der Waals surface area contributed by atoms with E-state index >= 15 is 0 Å². The zero-order chi connectivity index (χ0) is 14.4. The maximum Gasteiger partial charge on any atom is 0.131 e. The highest BCUT2D eigenvalue weighted by atomic mass is 19.1. The van der Waals surface area contributed by atoms with Crippen LogP contribution in [0.4, 0.5) is 4.39 Å². The summed E-state index contributed by atoms with van der Waals surface area (Å²) >= 11 is 0. The van der Waals surface area contributed by atoms with Gasteiger partial charge in [-0.15, -0.1) is 0 Å². The minimum Gasteiger partial charge on any atom is -0.494 e. The number of ether oxygens (including phenoxy) is 2. The Balaban J connectivity index is 2.00. The molecular formula is C16H14FNO2. The van der Waals surface area contributed by atoms with Crippen LogP contribution >= 0.6 is 0 Å². The molecule has 0 aliphatic rings. The molecule has 0 bridgehead atoms. The number of hydrogen-bond donors (Lipinski definition) is 0. The number of nitriles is 1. The Morgan fingerprint density at radius 3 is 2.25 bits per heavy atom. The van der Waals surface area contributed by atoms with Crippen LogP contribution in [-0.2, 0) is 6.61 Å². The van der Waals surface area contributed by atoms with Gasteiger partial charge in [-0.3, -0.25) is 0 Å². The van der Waals surface area contributed by atoms with E-state index in [-0.39, 0.29) is 6.61 Å². The van der Waals surface area contributed by atoms with Crippen LogP contribution < -0.4 is 9.47 Å². The molecule has 0 saturated heterocycles. The van der Waals surface area contributed by atoms with Gasteiger partial charge < -0.3 is 9.47 Å². The number of halogens is 1. The first-order valence-corrected chi connectivity index (χ1v) is 6.27. The highest BCUT2D eigenvalue weighted by molar-refractivity contribution is 5.34. The minimum atomic E-state index is -0.435. The van der Waals surface area contributed by atoms with E-state index in [9.17, 15) is 4.39 Å². The topological polar surface area (TPSA) is 42.2 Å². The van der Waals surface area contributed by atoms with E-state index in [0.29, 0.717) is 23.5 Å². The molecule has 0 aromatic heterocycles. The van der Waals surface area contributed by atoms with Gasteiger partial charge in [-0.2, -0.15) is 5.26 Å². The summed E-state index contributed by atoms with van der Waals surface area (Å²) in [7, 11) is 0. The predicted molar refractivity (Wildman–Crippen MR) is 73.1 cm³/mol. The van der Waals surface area contributed by atoms with Crippen LogP contribution in [0.1, 0.15) is 18.1 Å². The lowest BCUT2D eigenvalue weighted by molar-refractivity contribution is 0.298. The van der Waals surface area contributed by atoms with E-state index in [0.717, 1.165) is 5.75 Å². The van der Waals surface area contributed by atoms with Crippen molar-refractivity contribution in [2.24, 2.45) is 0 Å². The van der Waals surface area contributed by atoms with Gasteiger partial charge in [-0.1, -0.05) is 6.07 Å². The van der Waals surface area contributed by atoms with Gasteiger partial charge in [0.25, 0.3) is 0 Å². The van der Waals surface area contributed by atoms with E-state index in [2.05, 4.69) is 0 Å². The summed E-state index contributed by atoms with van der Waals surface area (Å²) in [5.74, 6) is 0.969. The first-order chi connectivity index (χ1) is 9.72. The Labute approximate surface area is 117 Å². The van der Waals surface area contributed by atoms with E-state index in [4.69, 9.17) is 14.7 Å². The lowest BCUT2D eigenvalue weighted by Gasteiger charge is -2.08. The second-order valence-corrected chi connectivity index (χ2v) is 4.11. The molecule has 0 N–H and O–H groups in total. The third kappa shape index (κ3) is 3.48. The summed E-state index contributed by atoms with van der Waals surface area (Å²) in [5, 5.41) is 8.67. The first-order valence-electron chi connectivity index (χ1n) is 6.27. The smallest absolute Gasteiger partial charge is 0.131 e. The Bertz CT molecular complexity index is 617. The van der Waals surface area contributed by atoms with Crippen LogP contribution in [0.15, 0.2) is 42.5 Å². The maximum absolute atomic E-state index is 13.7. The third-order valence-corrected chi connectivity index (χ3v) is 2.71. The summed E-state index contributed by atoms with van der Waals surface area (Å²) in [6, 6.07) is 13.4. The van der Waals surface area contributed by atoms with Gasteiger partial charge in [0.15, 0.2) is 0 Å². The summed E-state index contributed by atoms with van der Waals surface area (Å²) in [6.45, 7) is 2.64. The molecule has 0 amide bonds. The maximum atomic E-state index is 13.7. The highest BCUT2D eigenvalue weighted by Gasteiger charge is 2.04. The van der Waals surface area contributed by atoms with E-state index < -0.39 is 5.82 Å². The van der Waals surface area contributed by atoms with Crippen molar-refractivity contribution in [3.63, 3.8) is 0 Å². The molecule has 102 valence electrons. The van der Waals surface area contributed by atoms with Gasteiger partial charge in [0, 0.05) is 5.56 Å². The summed E-state index contributed by atoms with van der Waals surface area (Å²) < 4.78 is 24.5. The molecule has 0 heterocycles. The van der Waals surface area contributed by atoms with Crippen LogP contribution in [0, 0.1) is 17.1 Å². The first kappa shape index (κ1) is 13.9.